The summed E-state index contributed by atoms with van der Waals surface area (Å²) in [6.07, 6.45) is 2.92. The molecule has 1 unspecified atom stereocenters. The van der Waals surface area contributed by atoms with Crippen molar-refractivity contribution in [3.05, 3.63) is 29.8 Å². The van der Waals surface area contributed by atoms with E-state index in [2.05, 4.69) is 4.90 Å². The van der Waals surface area contributed by atoms with Gasteiger partial charge in [-0.2, -0.15) is 0 Å². The number of halogens is 1. The highest BCUT2D eigenvalue weighted by Crippen LogP contribution is 2.28. The molecule has 2 rings (SSSR count). The Hall–Kier alpha value is -1.38. The summed E-state index contributed by atoms with van der Waals surface area (Å²) >= 11 is 0. The third-order valence-electron chi connectivity index (χ3n) is 3.42. The molecule has 0 spiro atoms. The molecule has 2 nitrogen and oxygen atoms in total. The van der Waals surface area contributed by atoms with E-state index in [1.54, 1.807) is 6.92 Å². The smallest absolute Gasteiger partial charge is 0.150 e. The van der Waals surface area contributed by atoms with Crippen LogP contribution in [0.3, 0.4) is 0 Å². The number of nitrogens with zero attached hydrogens (tertiary/aromatic N) is 1. The Morgan fingerprint density at radius 2 is 1.94 bits per heavy atom. The summed E-state index contributed by atoms with van der Waals surface area (Å²) in [7, 11) is 0. The number of alkyl halides is 1. The van der Waals surface area contributed by atoms with Crippen molar-refractivity contribution in [3.8, 4) is 0 Å². The molecule has 1 aliphatic heterocycles. The summed E-state index contributed by atoms with van der Waals surface area (Å²) in [5, 5.41) is 0. The molecule has 92 valence electrons. The molecule has 1 aromatic carbocycles. The van der Waals surface area contributed by atoms with Crippen LogP contribution in [0.4, 0.5) is 10.1 Å². The molecule has 1 fully saturated rings. The molecule has 0 amide bonds. The Labute approximate surface area is 101 Å². The van der Waals surface area contributed by atoms with Crippen molar-refractivity contribution in [1.29, 1.82) is 0 Å². The van der Waals surface area contributed by atoms with Gasteiger partial charge in [-0.25, -0.2) is 4.39 Å². The van der Waals surface area contributed by atoms with Gasteiger partial charge in [-0.05, 0) is 50.5 Å². The standard InChI is InChI=1S/C14H18FNO/c1-14(15)7-2-9-16(10-8-14)13-5-3-12(11-17)4-6-13/h3-6,11H,2,7-10H2,1H3. The summed E-state index contributed by atoms with van der Waals surface area (Å²) < 4.78 is 13.9. The first-order valence-corrected chi connectivity index (χ1v) is 6.10. The second-order valence-corrected chi connectivity index (χ2v) is 4.96. The molecule has 0 aliphatic carbocycles. The van der Waals surface area contributed by atoms with Crippen LogP contribution < -0.4 is 4.90 Å². The molecule has 3 heteroatoms. The topological polar surface area (TPSA) is 20.3 Å². The normalized spacial score (nSPS) is 25.4. The van der Waals surface area contributed by atoms with Crippen molar-refractivity contribution in [2.75, 3.05) is 18.0 Å². The highest BCUT2D eigenvalue weighted by Gasteiger charge is 2.27. The molecule has 1 atom stereocenters. The molecule has 1 aliphatic rings. The van der Waals surface area contributed by atoms with Crippen molar-refractivity contribution in [3.63, 3.8) is 0 Å². The van der Waals surface area contributed by atoms with Crippen LogP contribution in [0.1, 0.15) is 36.5 Å². The lowest BCUT2D eigenvalue weighted by Gasteiger charge is -2.23. The van der Waals surface area contributed by atoms with E-state index >= 15 is 0 Å². The van der Waals surface area contributed by atoms with Gasteiger partial charge in [0.05, 0.1) is 0 Å². The first-order chi connectivity index (χ1) is 8.11. The zero-order valence-corrected chi connectivity index (χ0v) is 10.2. The first-order valence-electron chi connectivity index (χ1n) is 6.10. The molecule has 17 heavy (non-hydrogen) atoms. The zero-order valence-electron chi connectivity index (χ0n) is 10.2. The van der Waals surface area contributed by atoms with Gasteiger partial charge >= 0.3 is 0 Å². The summed E-state index contributed by atoms with van der Waals surface area (Å²) in [6, 6.07) is 7.49. The van der Waals surface area contributed by atoms with Crippen molar-refractivity contribution in [2.45, 2.75) is 31.9 Å². The molecular formula is C14H18FNO. The van der Waals surface area contributed by atoms with E-state index in [9.17, 15) is 9.18 Å². The Morgan fingerprint density at radius 3 is 2.59 bits per heavy atom. The van der Waals surface area contributed by atoms with E-state index in [0.29, 0.717) is 18.4 Å². The van der Waals surface area contributed by atoms with E-state index in [4.69, 9.17) is 0 Å². The average Bonchev–Trinajstić information content (AvgIpc) is 2.50. The third kappa shape index (κ3) is 3.05. The number of hydrogen-bond donors (Lipinski definition) is 0. The van der Waals surface area contributed by atoms with Crippen LogP contribution >= 0.6 is 0 Å². The maximum Gasteiger partial charge on any atom is 0.150 e. The predicted octanol–water partition coefficient (Wildman–Crippen LogP) is 3.22. The minimum atomic E-state index is -1.03. The maximum atomic E-state index is 13.9. The fourth-order valence-corrected chi connectivity index (χ4v) is 2.27. The number of benzene rings is 1. The largest absolute Gasteiger partial charge is 0.371 e. The Morgan fingerprint density at radius 1 is 1.24 bits per heavy atom. The van der Waals surface area contributed by atoms with Crippen molar-refractivity contribution < 1.29 is 9.18 Å². The molecular weight excluding hydrogens is 217 g/mol. The number of hydrogen-bond acceptors (Lipinski definition) is 2. The van der Waals surface area contributed by atoms with E-state index < -0.39 is 5.67 Å². The average molecular weight is 235 g/mol. The second-order valence-electron chi connectivity index (χ2n) is 4.96. The predicted molar refractivity (Wildman–Crippen MR) is 67.4 cm³/mol. The van der Waals surface area contributed by atoms with Crippen LogP contribution in [0.25, 0.3) is 0 Å². The quantitative estimate of drug-likeness (QED) is 0.734. The van der Waals surface area contributed by atoms with Crippen LogP contribution in [0.5, 0.6) is 0 Å². The zero-order chi connectivity index (χ0) is 12.3. The Bertz CT molecular complexity index is 386. The lowest BCUT2D eigenvalue weighted by Crippen LogP contribution is -2.26. The van der Waals surface area contributed by atoms with Crippen LogP contribution in [0.2, 0.25) is 0 Å². The molecule has 0 N–H and O–H groups in total. The van der Waals surface area contributed by atoms with Gasteiger partial charge in [0, 0.05) is 24.3 Å². The first kappa shape index (κ1) is 12.1. The highest BCUT2D eigenvalue weighted by molar-refractivity contribution is 5.75. The van der Waals surface area contributed by atoms with E-state index in [-0.39, 0.29) is 0 Å². The number of carbonyl (C=O) groups excluding carboxylic acids is 1. The van der Waals surface area contributed by atoms with Crippen molar-refractivity contribution >= 4 is 12.0 Å². The number of anilines is 1. The van der Waals surface area contributed by atoms with Crippen molar-refractivity contribution in [1.82, 2.24) is 0 Å². The number of carbonyl (C=O) groups is 1. The Balaban J connectivity index is 2.08. The fourth-order valence-electron chi connectivity index (χ4n) is 2.27. The molecule has 0 bridgehead atoms. The molecule has 1 aromatic rings. The van der Waals surface area contributed by atoms with E-state index in [0.717, 1.165) is 31.5 Å². The van der Waals surface area contributed by atoms with E-state index in [1.165, 1.54) is 0 Å². The lowest BCUT2D eigenvalue weighted by molar-refractivity contribution is 0.112. The maximum absolute atomic E-state index is 13.9. The SMILES string of the molecule is CC1(F)CCCN(c2ccc(C=O)cc2)CC1. The van der Waals surface area contributed by atoms with Crippen LogP contribution in [-0.2, 0) is 0 Å². The van der Waals surface area contributed by atoms with Gasteiger partial charge in [0.2, 0.25) is 0 Å². The van der Waals surface area contributed by atoms with Gasteiger partial charge in [0.1, 0.15) is 12.0 Å². The summed E-state index contributed by atoms with van der Waals surface area (Å²) in [5.41, 5.74) is 0.726. The summed E-state index contributed by atoms with van der Waals surface area (Å²) in [5.74, 6) is 0. The summed E-state index contributed by atoms with van der Waals surface area (Å²) in [6.45, 7) is 3.32. The van der Waals surface area contributed by atoms with Gasteiger partial charge in [0.25, 0.3) is 0 Å². The number of rotatable bonds is 2. The lowest BCUT2D eigenvalue weighted by atomic mass is 10.0. The van der Waals surface area contributed by atoms with Crippen molar-refractivity contribution in [2.24, 2.45) is 0 Å². The summed E-state index contributed by atoms with van der Waals surface area (Å²) in [4.78, 5) is 12.8. The van der Waals surface area contributed by atoms with Gasteiger partial charge in [-0.3, -0.25) is 4.79 Å². The second kappa shape index (κ2) is 4.86. The highest BCUT2D eigenvalue weighted by atomic mass is 19.1. The van der Waals surface area contributed by atoms with Crippen LogP contribution in [0, 0.1) is 0 Å². The molecule has 1 heterocycles. The van der Waals surface area contributed by atoms with Gasteiger partial charge in [-0.1, -0.05) is 0 Å². The number of aldehydes is 1. The fraction of sp³-hybridized carbons (Fsp3) is 0.500. The molecule has 0 saturated carbocycles. The third-order valence-corrected chi connectivity index (χ3v) is 3.42. The van der Waals surface area contributed by atoms with Gasteiger partial charge in [-0.15, -0.1) is 0 Å². The molecule has 0 radical (unpaired) electrons. The molecule has 1 saturated heterocycles. The molecule has 0 aromatic heterocycles. The minimum absolute atomic E-state index is 0.572. The Kier molecular flexibility index (Phi) is 3.46. The van der Waals surface area contributed by atoms with Gasteiger partial charge in [0.15, 0.2) is 0 Å². The van der Waals surface area contributed by atoms with Crippen LogP contribution in [0.15, 0.2) is 24.3 Å². The minimum Gasteiger partial charge on any atom is -0.371 e. The van der Waals surface area contributed by atoms with E-state index in [1.807, 2.05) is 24.3 Å². The monoisotopic (exact) mass is 235 g/mol. The van der Waals surface area contributed by atoms with Gasteiger partial charge < -0.3 is 4.90 Å². The van der Waals surface area contributed by atoms with Crippen LogP contribution in [-0.4, -0.2) is 25.0 Å².